The third-order valence-corrected chi connectivity index (χ3v) is 2.93. The summed E-state index contributed by atoms with van der Waals surface area (Å²) in [5.74, 6) is 0. The Kier molecular flexibility index (Phi) is 3.43. The molecular formula is C13H16N2O. The molecule has 0 aliphatic carbocycles. The Bertz CT molecular complexity index is 403. The molecule has 0 amide bonds. The number of anilines is 1. The number of rotatable bonds is 3. The first-order valence-corrected chi connectivity index (χ1v) is 5.66. The van der Waals surface area contributed by atoms with E-state index in [-0.39, 0.29) is 0 Å². The van der Waals surface area contributed by atoms with Gasteiger partial charge in [0.2, 0.25) is 0 Å². The molecule has 3 heteroatoms. The lowest BCUT2D eigenvalue weighted by atomic mass is 10.1. The molecule has 1 N–H and O–H groups in total. The van der Waals surface area contributed by atoms with Crippen LogP contribution in [-0.4, -0.2) is 19.3 Å². The lowest BCUT2D eigenvalue weighted by Crippen LogP contribution is -2.18. The molecule has 16 heavy (non-hydrogen) atoms. The van der Waals surface area contributed by atoms with Gasteiger partial charge in [0.15, 0.2) is 0 Å². The summed E-state index contributed by atoms with van der Waals surface area (Å²) in [5, 5.41) is 12.4. The highest BCUT2D eigenvalue weighted by Crippen LogP contribution is 2.19. The number of ether oxygens (including phenoxy) is 1. The third kappa shape index (κ3) is 2.34. The maximum absolute atomic E-state index is 9.07. The maximum atomic E-state index is 9.07. The average Bonchev–Trinajstić information content (AvgIpc) is 2.79. The summed E-state index contributed by atoms with van der Waals surface area (Å²) in [6.07, 6.45) is 2.55. The standard InChI is InChI=1S/C13H16N2O/c1-10-4-2-6-13(12(10)8-14)15-9-11-5-3-7-16-11/h2,4,6,11,15H,3,5,7,9H2,1H3. The van der Waals surface area contributed by atoms with Crippen LogP contribution in [0.25, 0.3) is 0 Å². The van der Waals surface area contributed by atoms with Gasteiger partial charge in [0.25, 0.3) is 0 Å². The Hall–Kier alpha value is -1.53. The normalized spacial score (nSPS) is 19.4. The van der Waals surface area contributed by atoms with Gasteiger partial charge in [0.05, 0.1) is 17.4 Å². The van der Waals surface area contributed by atoms with Crippen molar-refractivity contribution in [3.05, 3.63) is 29.3 Å². The van der Waals surface area contributed by atoms with Crippen molar-refractivity contribution in [1.82, 2.24) is 0 Å². The van der Waals surface area contributed by atoms with Crippen molar-refractivity contribution in [3.63, 3.8) is 0 Å². The van der Waals surface area contributed by atoms with Gasteiger partial charge < -0.3 is 10.1 Å². The summed E-state index contributed by atoms with van der Waals surface area (Å²) >= 11 is 0. The number of aryl methyl sites for hydroxylation is 1. The second-order valence-corrected chi connectivity index (χ2v) is 4.13. The average molecular weight is 216 g/mol. The van der Waals surface area contributed by atoms with E-state index in [0.29, 0.717) is 6.10 Å². The summed E-state index contributed by atoms with van der Waals surface area (Å²) < 4.78 is 5.53. The quantitative estimate of drug-likeness (QED) is 0.844. The van der Waals surface area contributed by atoms with Crippen LogP contribution < -0.4 is 5.32 Å². The first kappa shape index (κ1) is 11.0. The second-order valence-electron chi connectivity index (χ2n) is 4.13. The van der Waals surface area contributed by atoms with E-state index in [0.717, 1.165) is 42.8 Å². The summed E-state index contributed by atoms with van der Waals surface area (Å²) in [6.45, 7) is 3.61. The van der Waals surface area contributed by atoms with Crippen molar-refractivity contribution in [2.24, 2.45) is 0 Å². The van der Waals surface area contributed by atoms with Crippen LogP contribution in [0.4, 0.5) is 5.69 Å². The summed E-state index contributed by atoms with van der Waals surface area (Å²) in [4.78, 5) is 0. The van der Waals surface area contributed by atoms with E-state index in [4.69, 9.17) is 10.00 Å². The molecule has 84 valence electrons. The Balaban J connectivity index is 2.03. The summed E-state index contributed by atoms with van der Waals surface area (Å²) in [5.41, 5.74) is 2.67. The molecule has 1 heterocycles. The smallest absolute Gasteiger partial charge is 0.102 e. The fourth-order valence-electron chi connectivity index (χ4n) is 1.99. The highest BCUT2D eigenvalue weighted by molar-refractivity contribution is 5.60. The molecule has 0 spiro atoms. The largest absolute Gasteiger partial charge is 0.381 e. The minimum Gasteiger partial charge on any atom is -0.381 e. The number of nitrogens with one attached hydrogen (secondary N) is 1. The number of hydrogen-bond acceptors (Lipinski definition) is 3. The van der Waals surface area contributed by atoms with Gasteiger partial charge in [-0.15, -0.1) is 0 Å². The summed E-state index contributed by atoms with van der Waals surface area (Å²) in [6, 6.07) is 8.10. The van der Waals surface area contributed by atoms with Gasteiger partial charge in [-0.05, 0) is 31.4 Å². The van der Waals surface area contributed by atoms with Crippen molar-refractivity contribution < 1.29 is 4.74 Å². The van der Waals surface area contributed by atoms with Crippen LogP contribution in [0.1, 0.15) is 24.0 Å². The van der Waals surface area contributed by atoms with Gasteiger partial charge in [-0.3, -0.25) is 0 Å². The van der Waals surface area contributed by atoms with Crippen molar-refractivity contribution in [2.75, 3.05) is 18.5 Å². The van der Waals surface area contributed by atoms with Crippen molar-refractivity contribution in [2.45, 2.75) is 25.9 Å². The van der Waals surface area contributed by atoms with Crippen LogP contribution in [-0.2, 0) is 4.74 Å². The lowest BCUT2D eigenvalue weighted by molar-refractivity contribution is 0.120. The van der Waals surface area contributed by atoms with Crippen LogP contribution in [0.5, 0.6) is 0 Å². The van der Waals surface area contributed by atoms with Gasteiger partial charge in [0.1, 0.15) is 6.07 Å². The van der Waals surface area contributed by atoms with E-state index in [2.05, 4.69) is 11.4 Å². The predicted molar refractivity (Wildman–Crippen MR) is 63.4 cm³/mol. The number of nitrogens with zero attached hydrogens (tertiary/aromatic N) is 1. The van der Waals surface area contributed by atoms with Crippen molar-refractivity contribution in [1.29, 1.82) is 5.26 Å². The van der Waals surface area contributed by atoms with E-state index in [1.54, 1.807) is 0 Å². The first-order valence-electron chi connectivity index (χ1n) is 5.66. The molecule has 1 aromatic rings. The zero-order valence-corrected chi connectivity index (χ0v) is 9.49. The predicted octanol–water partition coefficient (Wildman–Crippen LogP) is 2.46. The fraction of sp³-hybridized carbons (Fsp3) is 0.462. The molecule has 1 aliphatic rings. The first-order chi connectivity index (χ1) is 7.81. The molecule has 3 nitrogen and oxygen atoms in total. The second kappa shape index (κ2) is 5.00. The van der Waals surface area contributed by atoms with Crippen LogP contribution in [0.3, 0.4) is 0 Å². The maximum Gasteiger partial charge on any atom is 0.102 e. The van der Waals surface area contributed by atoms with E-state index in [1.807, 2.05) is 25.1 Å². The SMILES string of the molecule is Cc1cccc(NCC2CCCO2)c1C#N. The summed E-state index contributed by atoms with van der Waals surface area (Å²) in [7, 11) is 0. The molecule has 1 fully saturated rings. The van der Waals surface area contributed by atoms with E-state index >= 15 is 0 Å². The van der Waals surface area contributed by atoms with Crippen LogP contribution in [0, 0.1) is 18.3 Å². The topological polar surface area (TPSA) is 45.0 Å². The molecule has 0 radical (unpaired) electrons. The Labute approximate surface area is 96.0 Å². The number of nitriles is 1. The molecule has 1 aromatic carbocycles. The zero-order valence-electron chi connectivity index (χ0n) is 9.49. The Morgan fingerprint density at radius 3 is 3.12 bits per heavy atom. The van der Waals surface area contributed by atoms with Gasteiger partial charge in [-0.1, -0.05) is 12.1 Å². The fourth-order valence-corrected chi connectivity index (χ4v) is 1.99. The lowest BCUT2D eigenvalue weighted by Gasteiger charge is -2.13. The van der Waals surface area contributed by atoms with Crippen molar-refractivity contribution in [3.8, 4) is 6.07 Å². The third-order valence-electron chi connectivity index (χ3n) is 2.93. The van der Waals surface area contributed by atoms with Crippen LogP contribution >= 0.6 is 0 Å². The minimum atomic E-state index is 0.298. The molecule has 0 aromatic heterocycles. The van der Waals surface area contributed by atoms with Gasteiger partial charge in [0, 0.05) is 13.2 Å². The highest BCUT2D eigenvalue weighted by atomic mass is 16.5. The number of hydrogen-bond donors (Lipinski definition) is 1. The molecule has 1 saturated heterocycles. The van der Waals surface area contributed by atoms with Gasteiger partial charge in [-0.2, -0.15) is 5.26 Å². The molecule has 0 bridgehead atoms. The minimum absolute atomic E-state index is 0.298. The highest BCUT2D eigenvalue weighted by Gasteiger charge is 2.15. The molecule has 1 atom stereocenters. The van der Waals surface area contributed by atoms with Gasteiger partial charge >= 0.3 is 0 Å². The Morgan fingerprint density at radius 2 is 2.44 bits per heavy atom. The zero-order chi connectivity index (χ0) is 11.4. The molecule has 1 unspecified atom stereocenters. The van der Waals surface area contributed by atoms with E-state index < -0.39 is 0 Å². The molecule has 1 aliphatic heterocycles. The van der Waals surface area contributed by atoms with Crippen molar-refractivity contribution >= 4 is 5.69 Å². The Morgan fingerprint density at radius 1 is 1.56 bits per heavy atom. The van der Waals surface area contributed by atoms with Crippen LogP contribution in [0.15, 0.2) is 18.2 Å². The van der Waals surface area contributed by atoms with Gasteiger partial charge in [-0.25, -0.2) is 0 Å². The van der Waals surface area contributed by atoms with Crippen LogP contribution in [0.2, 0.25) is 0 Å². The number of benzene rings is 1. The molecule has 2 rings (SSSR count). The molecular weight excluding hydrogens is 200 g/mol. The van der Waals surface area contributed by atoms with E-state index in [1.165, 1.54) is 0 Å². The van der Waals surface area contributed by atoms with E-state index in [9.17, 15) is 0 Å². The monoisotopic (exact) mass is 216 g/mol. The molecule has 0 saturated carbocycles.